The highest BCUT2D eigenvalue weighted by Gasteiger charge is 2.80. The van der Waals surface area contributed by atoms with Crippen molar-refractivity contribution >= 4 is 11.4 Å². The number of piperidine rings is 2. The highest BCUT2D eigenvalue weighted by atomic mass is 35.5. The number of rotatable bonds is 0. The number of likely N-dealkylation sites (N-methyl/N-ethyl adjacent to an activating group) is 2. The number of quaternary nitrogens is 2. The van der Waals surface area contributed by atoms with Gasteiger partial charge < -0.3 is 53.1 Å². The maximum Gasteiger partial charge on any atom is 0.135 e. The summed E-state index contributed by atoms with van der Waals surface area (Å²) in [6.07, 6.45) is 8.18. The maximum absolute atomic E-state index is 7.53. The molecule has 8 heteroatoms. The fourth-order valence-electron chi connectivity index (χ4n) is 16.7. The molecule has 0 aromatic heterocycles. The number of hydrogen-bond acceptors (Lipinski definition) is 4. The Labute approximate surface area is 298 Å². The van der Waals surface area contributed by atoms with Crippen molar-refractivity contribution in [3.63, 3.8) is 0 Å². The van der Waals surface area contributed by atoms with Crippen LogP contribution in [-0.2, 0) is 20.3 Å². The van der Waals surface area contributed by atoms with Gasteiger partial charge in [0, 0.05) is 73.9 Å². The first-order valence-corrected chi connectivity index (χ1v) is 19.2. The Kier molecular flexibility index (Phi) is 5.82. The molecule has 9 aliphatic heterocycles. The number of halogens is 2. The molecule has 3 unspecified atom stereocenters. The summed E-state index contributed by atoms with van der Waals surface area (Å²) in [5.74, 6) is 3.97. The lowest BCUT2D eigenvalue weighted by molar-refractivity contribution is -0.935. The minimum absolute atomic E-state index is 0. The van der Waals surface area contributed by atoms with Crippen LogP contribution in [-0.4, -0.2) is 99.1 Å². The number of ether oxygens (including phenoxy) is 2. The van der Waals surface area contributed by atoms with Gasteiger partial charge in [-0.2, -0.15) is 0 Å². The Morgan fingerprint density at radius 2 is 1.08 bits per heavy atom. The zero-order chi connectivity index (χ0) is 29.9. The molecule has 2 aromatic carbocycles. The lowest BCUT2D eigenvalue weighted by Gasteiger charge is -2.65. The van der Waals surface area contributed by atoms with Gasteiger partial charge in [0.05, 0.1) is 63.2 Å². The molecule has 6 nitrogen and oxygen atoms in total. The van der Waals surface area contributed by atoms with Crippen LogP contribution >= 0.6 is 0 Å². The van der Waals surface area contributed by atoms with E-state index in [0.29, 0.717) is 36.0 Å². The molecule has 11 aliphatic rings. The normalized spacial score (nSPS) is 54.5. The zero-order valence-corrected chi connectivity index (χ0v) is 29.9. The Morgan fingerprint density at radius 1 is 0.646 bits per heavy atom. The van der Waals surface area contributed by atoms with Crippen LogP contribution in [0.25, 0.3) is 0 Å². The molecule has 9 fully saturated rings. The first-order chi connectivity index (χ1) is 22.5. The second kappa shape index (κ2) is 9.27. The van der Waals surface area contributed by atoms with Crippen LogP contribution < -0.4 is 34.6 Å². The van der Waals surface area contributed by atoms with Crippen molar-refractivity contribution in [1.29, 1.82) is 0 Å². The lowest BCUT2D eigenvalue weighted by Crippen LogP contribution is -3.00. The molecule has 13 rings (SSSR count). The molecule has 7 saturated heterocycles. The minimum atomic E-state index is 0. The molecule has 2 spiro atoms. The van der Waals surface area contributed by atoms with E-state index in [-0.39, 0.29) is 48.1 Å². The van der Waals surface area contributed by atoms with E-state index in [9.17, 15) is 0 Å². The van der Waals surface area contributed by atoms with Crippen molar-refractivity contribution in [2.45, 2.75) is 86.0 Å². The summed E-state index contributed by atoms with van der Waals surface area (Å²) in [5, 5.41) is 0. The number of nitrogens with zero attached hydrogens (tertiary/aromatic N) is 4. The van der Waals surface area contributed by atoms with Crippen LogP contribution in [0, 0.1) is 35.5 Å². The van der Waals surface area contributed by atoms with Crippen LogP contribution in [0.5, 0.6) is 0 Å². The van der Waals surface area contributed by atoms with Crippen molar-refractivity contribution in [2.24, 2.45) is 35.5 Å². The van der Waals surface area contributed by atoms with Gasteiger partial charge in [0.2, 0.25) is 0 Å². The van der Waals surface area contributed by atoms with Crippen molar-refractivity contribution in [3.05, 3.63) is 59.7 Å². The average Bonchev–Trinajstić information content (AvgIpc) is 3.66. The third kappa shape index (κ3) is 2.96. The summed E-state index contributed by atoms with van der Waals surface area (Å²) in [4.78, 5) is 6.08. The zero-order valence-electron chi connectivity index (χ0n) is 28.4. The summed E-state index contributed by atoms with van der Waals surface area (Å²) in [7, 11) is 5.30. The highest BCUT2D eigenvalue weighted by molar-refractivity contribution is 5.71. The average molecular weight is 690 g/mol. The third-order valence-corrected chi connectivity index (χ3v) is 17.8. The van der Waals surface area contributed by atoms with E-state index in [2.05, 4.69) is 72.4 Å². The molecule has 48 heavy (non-hydrogen) atoms. The van der Waals surface area contributed by atoms with Gasteiger partial charge >= 0.3 is 0 Å². The standard InChI is InChI=1S/C40H50N4O2.2ClH/c1-43-15-13-39-27-7-3-5-9-29(27)41-35(39)33-25(19-31(39)43)23(21-43)11-17-45-37(33)42-30-10-6-4-8-28(30)40-14-16-44(2)22-24-12-18-46-38(41)34(36(40)42)26(24)20-32(40)44;;/h3-10,23-26,31-38H,11-22H2,1-2H3;2*1H/q+2;;/p-2/t23-,24-,25+,26+,31+,32+,33-,34?,35+,36+,37-,38-,39-,40-,43?,44?;;/m1../s1. The molecule has 2 aliphatic carbocycles. The van der Waals surface area contributed by atoms with E-state index < -0.39 is 0 Å². The fraction of sp³-hybridized carbons (Fsp3) is 0.700. The molecule has 9 heterocycles. The summed E-state index contributed by atoms with van der Waals surface area (Å²) in [5.41, 5.74) is 6.81. The first kappa shape index (κ1) is 30.1. The van der Waals surface area contributed by atoms with E-state index in [1.54, 1.807) is 22.5 Å². The van der Waals surface area contributed by atoms with Gasteiger partial charge in [0.25, 0.3) is 0 Å². The monoisotopic (exact) mass is 688 g/mol. The van der Waals surface area contributed by atoms with Crippen LogP contribution in [0.2, 0.25) is 0 Å². The van der Waals surface area contributed by atoms with Gasteiger partial charge in [-0.05, 0) is 47.9 Å². The second-order valence-electron chi connectivity index (χ2n) is 18.7. The molecule has 16 atom stereocenters. The van der Waals surface area contributed by atoms with Crippen LogP contribution in [0.4, 0.5) is 11.4 Å². The van der Waals surface area contributed by atoms with E-state index in [0.717, 1.165) is 36.9 Å². The Morgan fingerprint density at radius 3 is 1.54 bits per heavy atom. The molecule has 2 saturated carbocycles. The van der Waals surface area contributed by atoms with Gasteiger partial charge in [-0.25, -0.2) is 0 Å². The van der Waals surface area contributed by atoms with E-state index in [1.807, 2.05) is 0 Å². The van der Waals surface area contributed by atoms with Gasteiger partial charge in [-0.1, -0.05) is 36.4 Å². The predicted molar refractivity (Wildman–Crippen MR) is 176 cm³/mol. The van der Waals surface area contributed by atoms with Gasteiger partial charge in [0.15, 0.2) is 0 Å². The molecule has 0 amide bonds. The van der Waals surface area contributed by atoms with Crippen LogP contribution in [0.15, 0.2) is 48.5 Å². The summed E-state index contributed by atoms with van der Waals surface area (Å²) in [6, 6.07) is 22.0. The smallest absolute Gasteiger partial charge is 0.135 e. The molecular formula is C40H50Cl2N4O2. The van der Waals surface area contributed by atoms with Gasteiger partial charge in [0.1, 0.15) is 24.5 Å². The topological polar surface area (TPSA) is 24.9 Å². The van der Waals surface area contributed by atoms with Crippen molar-refractivity contribution in [3.8, 4) is 0 Å². The Balaban J connectivity index is 0.00000140. The number of benzene rings is 2. The quantitative estimate of drug-likeness (QED) is 0.323. The minimum Gasteiger partial charge on any atom is -1.00 e. The van der Waals surface area contributed by atoms with Gasteiger partial charge in [-0.15, -0.1) is 0 Å². The fourth-order valence-corrected chi connectivity index (χ4v) is 16.7. The SMILES string of the molecule is C[N+]12CC[C@@]34c5ccccc5N5[C@@H]6OCC[C@@H]7C[N+]8(C)CC[C@]9%10c%11ccccc%11N([C@@H]%11OCC[C@H](C1)[C@H](C[C@@H]32)C%11[C@H]54)[C@H]9[C@H]6[C@H]7C[C@@H]%108.[Cl-].[Cl-]. The van der Waals surface area contributed by atoms with Crippen molar-refractivity contribution in [2.75, 3.05) is 63.3 Å². The Hall–Kier alpha value is -1.54. The molecule has 4 bridgehead atoms. The number of para-hydroxylation sites is 2. The largest absolute Gasteiger partial charge is 1.00 e. The lowest BCUT2D eigenvalue weighted by atomic mass is 9.51. The van der Waals surface area contributed by atoms with Crippen molar-refractivity contribution < 1.29 is 43.3 Å². The first-order valence-electron chi connectivity index (χ1n) is 19.2. The number of hydrogen-bond donors (Lipinski definition) is 0. The molecule has 0 N–H and O–H groups in total. The predicted octanol–water partition coefficient (Wildman–Crippen LogP) is -1.28. The van der Waals surface area contributed by atoms with Gasteiger partial charge in [-0.3, -0.25) is 0 Å². The number of fused-ring (bicyclic) bond motifs is 6. The second-order valence-corrected chi connectivity index (χ2v) is 18.7. The number of anilines is 2. The molecule has 0 radical (unpaired) electrons. The highest BCUT2D eigenvalue weighted by Crippen LogP contribution is 2.72. The molecule has 256 valence electrons. The Bertz CT molecular complexity index is 1600. The molecular weight excluding hydrogens is 639 g/mol. The summed E-state index contributed by atoms with van der Waals surface area (Å²) in [6.45, 7) is 7.22. The van der Waals surface area contributed by atoms with E-state index in [4.69, 9.17) is 9.47 Å². The maximum atomic E-state index is 7.53. The van der Waals surface area contributed by atoms with Crippen molar-refractivity contribution in [1.82, 2.24) is 0 Å². The third-order valence-electron chi connectivity index (χ3n) is 17.8. The van der Waals surface area contributed by atoms with Crippen LogP contribution in [0.1, 0.15) is 49.7 Å². The van der Waals surface area contributed by atoms with E-state index in [1.165, 1.54) is 73.7 Å². The van der Waals surface area contributed by atoms with E-state index >= 15 is 0 Å². The summed E-state index contributed by atoms with van der Waals surface area (Å²) < 4.78 is 17.6. The van der Waals surface area contributed by atoms with Crippen LogP contribution in [0.3, 0.4) is 0 Å². The molecule has 2 aromatic rings. The summed E-state index contributed by atoms with van der Waals surface area (Å²) >= 11 is 0.